The Morgan fingerprint density at radius 2 is 2.32 bits per heavy atom. The number of aromatic nitrogens is 4. The Labute approximate surface area is 112 Å². The molecule has 1 aromatic carbocycles. The number of hydrogen-bond acceptors (Lipinski definition) is 5. The van der Waals surface area contributed by atoms with Crippen molar-refractivity contribution in [2.75, 3.05) is 6.61 Å². The van der Waals surface area contributed by atoms with Gasteiger partial charge in [0.25, 0.3) is 0 Å². The van der Waals surface area contributed by atoms with Gasteiger partial charge in [-0.1, -0.05) is 23.9 Å². The zero-order valence-electron chi connectivity index (χ0n) is 9.87. The molecule has 2 aromatic heterocycles. The molecule has 6 nitrogen and oxygen atoms in total. The highest BCUT2D eigenvalue weighted by molar-refractivity contribution is 8.00. The van der Waals surface area contributed by atoms with Crippen molar-refractivity contribution in [2.24, 2.45) is 0 Å². The van der Waals surface area contributed by atoms with Gasteiger partial charge in [0.15, 0.2) is 5.16 Å². The molecule has 96 valence electrons. The van der Waals surface area contributed by atoms with Crippen LogP contribution < -0.4 is 0 Å². The average molecular weight is 274 g/mol. The lowest BCUT2D eigenvalue weighted by Gasteiger charge is -2.02. The van der Waals surface area contributed by atoms with Gasteiger partial charge >= 0.3 is 5.97 Å². The first-order chi connectivity index (χ1) is 9.33. The summed E-state index contributed by atoms with van der Waals surface area (Å²) in [5.41, 5.74) is 1.90. The highest BCUT2D eigenvalue weighted by Gasteiger charge is 2.29. The topological polar surface area (TPSA) is 72.3 Å². The lowest BCUT2D eigenvalue weighted by atomic mass is 10.3. The number of H-pyrrole nitrogens is 1. The molecule has 0 spiro atoms. The Balaban J connectivity index is 1.83. The number of rotatable bonds is 2. The molecule has 0 bridgehead atoms. The van der Waals surface area contributed by atoms with E-state index >= 15 is 0 Å². The summed E-state index contributed by atoms with van der Waals surface area (Å²) >= 11 is 1.42. The quantitative estimate of drug-likeness (QED) is 0.719. The molecule has 1 fully saturated rings. The molecule has 1 unspecified atom stereocenters. The highest BCUT2D eigenvalue weighted by Crippen LogP contribution is 2.30. The molecule has 1 aliphatic rings. The summed E-state index contributed by atoms with van der Waals surface area (Å²) in [4.78, 5) is 16.0. The van der Waals surface area contributed by atoms with Crippen molar-refractivity contribution in [3.05, 3.63) is 24.3 Å². The van der Waals surface area contributed by atoms with Crippen molar-refractivity contribution in [3.8, 4) is 0 Å². The van der Waals surface area contributed by atoms with Gasteiger partial charge in [-0.05, 0) is 12.1 Å². The Morgan fingerprint density at radius 1 is 1.42 bits per heavy atom. The first-order valence-electron chi connectivity index (χ1n) is 5.98. The van der Waals surface area contributed by atoms with E-state index in [1.165, 1.54) is 11.8 Å². The molecule has 1 saturated heterocycles. The summed E-state index contributed by atoms with van der Waals surface area (Å²) in [7, 11) is 0. The number of aromatic amines is 1. The van der Waals surface area contributed by atoms with Gasteiger partial charge in [0.1, 0.15) is 5.25 Å². The summed E-state index contributed by atoms with van der Waals surface area (Å²) < 4.78 is 6.91. The van der Waals surface area contributed by atoms with E-state index in [4.69, 9.17) is 4.74 Å². The Hall–Kier alpha value is -2.02. The number of cyclic esters (lactones) is 1. The van der Waals surface area contributed by atoms with Crippen LogP contribution in [0.15, 0.2) is 29.4 Å². The fourth-order valence-electron chi connectivity index (χ4n) is 2.23. The van der Waals surface area contributed by atoms with Gasteiger partial charge in [-0.3, -0.25) is 9.20 Å². The number of nitrogens with one attached hydrogen (secondary N) is 1. The largest absolute Gasteiger partial charge is 0.465 e. The number of hydrogen-bond donors (Lipinski definition) is 1. The van der Waals surface area contributed by atoms with E-state index in [9.17, 15) is 4.79 Å². The van der Waals surface area contributed by atoms with Crippen LogP contribution in [0.5, 0.6) is 0 Å². The molecule has 0 aliphatic carbocycles. The van der Waals surface area contributed by atoms with E-state index in [1.54, 1.807) is 0 Å². The number of carbonyl (C=O) groups excluding carboxylic acids is 1. The van der Waals surface area contributed by atoms with Crippen LogP contribution >= 0.6 is 11.8 Å². The minimum absolute atomic E-state index is 0.162. The second-order valence-corrected chi connectivity index (χ2v) is 5.50. The number of benzene rings is 1. The first kappa shape index (κ1) is 10.9. The van der Waals surface area contributed by atoms with E-state index in [0.717, 1.165) is 22.6 Å². The van der Waals surface area contributed by atoms with Crippen LogP contribution in [0.3, 0.4) is 0 Å². The molecule has 3 aromatic rings. The highest BCUT2D eigenvalue weighted by atomic mass is 32.2. The standard InChI is InChI=1S/C12H10N4O2S/c17-10-9(5-6-18-10)19-12-15-14-11-13-7-3-1-2-4-8(7)16(11)12/h1-4,9H,5-6H2,(H,13,14). The zero-order valence-corrected chi connectivity index (χ0v) is 10.7. The van der Waals surface area contributed by atoms with E-state index < -0.39 is 0 Å². The Kier molecular flexibility index (Phi) is 2.28. The number of fused-ring (bicyclic) bond motifs is 3. The summed E-state index contributed by atoms with van der Waals surface area (Å²) in [6, 6.07) is 7.85. The van der Waals surface area contributed by atoms with Crippen molar-refractivity contribution in [3.63, 3.8) is 0 Å². The number of thioether (sulfide) groups is 1. The van der Waals surface area contributed by atoms with E-state index in [2.05, 4.69) is 15.2 Å². The van der Waals surface area contributed by atoms with Crippen molar-refractivity contribution in [1.29, 1.82) is 0 Å². The Bertz CT molecular complexity index is 778. The third-order valence-electron chi connectivity index (χ3n) is 3.14. The summed E-state index contributed by atoms with van der Waals surface area (Å²) in [5, 5.41) is 7.70. The maximum atomic E-state index is 11.5. The number of carbonyl (C=O) groups is 1. The van der Waals surface area contributed by atoms with Gasteiger partial charge in [-0.15, -0.1) is 5.10 Å². The smallest absolute Gasteiger partial charge is 0.319 e. The van der Waals surface area contributed by atoms with E-state index in [1.807, 2.05) is 28.7 Å². The molecule has 19 heavy (non-hydrogen) atoms. The summed E-state index contributed by atoms with van der Waals surface area (Å²) in [5.74, 6) is 0.528. The number of esters is 1. The van der Waals surface area contributed by atoms with Gasteiger partial charge in [-0.25, -0.2) is 10.1 Å². The molecule has 0 radical (unpaired) electrons. The summed E-state index contributed by atoms with van der Waals surface area (Å²) in [6.45, 7) is 0.495. The molecule has 1 N–H and O–H groups in total. The van der Waals surface area contributed by atoms with Gasteiger partial charge in [0.2, 0.25) is 5.78 Å². The normalized spacial score (nSPS) is 19.4. The molecule has 0 amide bonds. The van der Waals surface area contributed by atoms with Gasteiger partial charge in [0, 0.05) is 6.42 Å². The summed E-state index contributed by atoms with van der Waals surface area (Å²) in [6.07, 6.45) is 0.727. The second kappa shape index (κ2) is 3.99. The number of para-hydroxylation sites is 2. The average Bonchev–Trinajstić information content (AvgIpc) is 3.07. The minimum atomic E-state index is -0.173. The molecule has 0 saturated carbocycles. The lowest BCUT2D eigenvalue weighted by Crippen LogP contribution is -2.10. The maximum absolute atomic E-state index is 11.5. The molecule has 3 heterocycles. The van der Waals surface area contributed by atoms with Crippen LogP contribution in [0.25, 0.3) is 16.8 Å². The number of imidazole rings is 1. The molecule has 7 heteroatoms. The molecular formula is C12H10N4O2S. The van der Waals surface area contributed by atoms with Crippen LogP contribution in [-0.2, 0) is 9.53 Å². The van der Waals surface area contributed by atoms with Crippen LogP contribution in [0, 0.1) is 0 Å². The third-order valence-corrected chi connectivity index (χ3v) is 4.34. The van der Waals surface area contributed by atoms with Crippen LogP contribution in [0.2, 0.25) is 0 Å². The Morgan fingerprint density at radius 3 is 3.16 bits per heavy atom. The molecule has 1 atom stereocenters. The van der Waals surface area contributed by atoms with Crippen LogP contribution in [0.4, 0.5) is 0 Å². The van der Waals surface area contributed by atoms with E-state index in [-0.39, 0.29) is 11.2 Å². The van der Waals surface area contributed by atoms with Crippen molar-refractivity contribution in [2.45, 2.75) is 16.8 Å². The fourth-order valence-corrected chi connectivity index (χ4v) is 3.25. The maximum Gasteiger partial charge on any atom is 0.319 e. The van der Waals surface area contributed by atoms with Crippen LogP contribution in [0.1, 0.15) is 6.42 Å². The van der Waals surface area contributed by atoms with Crippen molar-refractivity contribution >= 4 is 34.5 Å². The number of ether oxygens (including phenoxy) is 1. The lowest BCUT2D eigenvalue weighted by molar-refractivity contribution is -0.137. The van der Waals surface area contributed by atoms with Crippen molar-refractivity contribution in [1.82, 2.24) is 19.6 Å². The van der Waals surface area contributed by atoms with Gasteiger partial charge < -0.3 is 4.74 Å². The van der Waals surface area contributed by atoms with Crippen molar-refractivity contribution < 1.29 is 9.53 Å². The van der Waals surface area contributed by atoms with Gasteiger partial charge in [0.05, 0.1) is 17.6 Å². The molecule has 4 rings (SSSR count). The first-order valence-corrected chi connectivity index (χ1v) is 6.86. The second-order valence-electron chi connectivity index (χ2n) is 4.33. The van der Waals surface area contributed by atoms with Crippen LogP contribution in [-0.4, -0.2) is 37.4 Å². The van der Waals surface area contributed by atoms with Gasteiger partial charge in [-0.2, -0.15) is 0 Å². The predicted molar refractivity (Wildman–Crippen MR) is 70.1 cm³/mol. The van der Waals surface area contributed by atoms with E-state index in [0.29, 0.717) is 12.4 Å². The number of nitrogens with zero attached hydrogens (tertiary/aromatic N) is 3. The predicted octanol–water partition coefficient (Wildman–Crippen LogP) is 1.62. The SMILES string of the molecule is O=C1OCCC1Sc1n[nH]c2nc3ccccc3n12. The molecular weight excluding hydrogens is 264 g/mol. The monoisotopic (exact) mass is 274 g/mol. The minimum Gasteiger partial charge on any atom is -0.465 e. The fraction of sp³-hybridized carbons (Fsp3) is 0.250. The molecule has 1 aliphatic heterocycles. The third kappa shape index (κ3) is 1.61. The zero-order chi connectivity index (χ0) is 12.8.